The molecule has 0 bridgehead atoms. The predicted molar refractivity (Wildman–Crippen MR) is 56.1 cm³/mol. The molecule has 1 atom stereocenters. The average molecular weight is 238 g/mol. The minimum atomic E-state index is -2.77. The highest BCUT2D eigenvalue weighted by Gasteiger charge is 2.12. The van der Waals surface area contributed by atoms with Crippen LogP contribution < -0.4 is 0 Å². The number of nitrogens with one attached hydrogen (secondary N) is 1. The lowest BCUT2D eigenvalue weighted by atomic mass is 10.4. The predicted octanol–water partition coefficient (Wildman–Crippen LogP) is 3.42. The zero-order valence-corrected chi connectivity index (χ0v) is 9.34. The van der Waals surface area contributed by atoms with Crippen molar-refractivity contribution in [2.45, 2.75) is 11.8 Å². The van der Waals surface area contributed by atoms with Crippen LogP contribution in [0.2, 0.25) is 10.0 Å². The van der Waals surface area contributed by atoms with Crippen molar-refractivity contribution in [2.24, 2.45) is 0 Å². The lowest BCUT2D eigenvalue weighted by Crippen LogP contribution is -2.02. The molecule has 0 radical (unpaired) electrons. The molecule has 0 aliphatic carbocycles. The fourth-order valence-corrected chi connectivity index (χ4v) is 2.62. The van der Waals surface area contributed by atoms with Crippen LogP contribution in [-0.4, -0.2) is 9.96 Å². The first-order valence-electron chi connectivity index (χ1n) is 3.69. The van der Waals surface area contributed by atoms with Crippen LogP contribution in [0.3, 0.4) is 0 Å². The molecular weight excluding hydrogens is 229 g/mol. The molecular formula is C8H9Cl2NOS. The van der Waals surface area contributed by atoms with Crippen molar-refractivity contribution in [1.82, 2.24) is 0 Å². The summed E-state index contributed by atoms with van der Waals surface area (Å²) in [6.07, 6.45) is 0. The van der Waals surface area contributed by atoms with Crippen molar-refractivity contribution >= 4 is 32.9 Å². The number of hydrogen-bond acceptors (Lipinski definition) is 2. The van der Waals surface area contributed by atoms with Crippen LogP contribution in [0.4, 0.5) is 0 Å². The van der Waals surface area contributed by atoms with Gasteiger partial charge in [-0.05, 0) is 18.2 Å². The number of halogens is 2. The van der Waals surface area contributed by atoms with Gasteiger partial charge in [0.1, 0.15) is 0 Å². The first-order chi connectivity index (χ1) is 5.97. The van der Waals surface area contributed by atoms with Gasteiger partial charge in [0.25, 0.3) is 0 Å². The van der Waals surface area contributed by atoms with E-state index in [0.29, 0.717) is 14.9 Å². The summed E-state index contributed by atoms with van der Waals surface area (Å²) >= 11 is 11.5. The number of rotatable bonds is 2. The van der Waals surface area contributed by atoms with E-state index in [4.69, 9.17) is 28.0 Å². The summed E-state index contributed by atoms with van der Waals surface area (Å²) in [5.41, 5.74) is 0. The van der Waals surface area contributed by atoms with E-state index in [0.717, 1.165) is 0 Å². The summed E-state index contributed by atoms with van der Waals surface area (Å²) in [5.74, 6) is 0.243. The molecule has 1 aromatic rings. The Morgan fingerprint density at radius 3 is 2.62 bits per heavy atom. The van der Waals surface area contributed by atoms with Crippen molar-refractivity contribution < 1.29 is 4.21 Å². The molecule has 0 aliphatic rings. The molecule has 1 aromatic carbocycles. The van der Waals surface area contributed by atoms with E-state index in [-0.39, 0.29) is 5.75 Å². The Hall–Kier alpha value is -0.250. The van der Waals surface area contributed by atoms with Gasteiger partial charge in [-0.1, -0.05) is 30.1 Å². The first kappa shape index (κ1) is 10.8. The topological polar surface area (TPSA) is 40.9 Å². The molecule has 0 amide bonds. The first-order valence-corrected chi connectivity index (χ1v) is 6.17. The number of hydrogen-bond donors (Lipinski definition) is 1. The van der Waals surface area contributed by atoms with Crippen LogP contribution >= 0.6 is 23.2 Å². The van der Waals surface area contributed by atoms with Gasteiger partial charge in [0.2, 0.25) is 0 Å². The van der Waals surface area contributed by atoms with E-state index in [9.17, 15) is 4.21 Å². The van der Waals surface area contributed by atoms with Gasteiger partial charge in [-0.15, -0.1) is 0 Å². The lowest BCUT2D eigenvalue weighted by molar-refractivity contribution is 0.675. The summed E-state index contributed by atoms with van der Waals surface area (Å²) < 4.78 is 19.2. The third-order valence-corrected chi connectivity index (χ3v) is 4.19. The highest BCUT2D eigenvalue weighted by molar-refractivity contribution is 7.92. The summed E-state index contributed by atoms with van der Waals surface area (Å²) in [6.45, 7) is 1.69. The van der Waals surface area contributed by atoms with Crippen molar-refractivity contribution in [3.8, 4) is 0 Å². The average Bonchev–Trinajstić information content (AvgIpc) is 2.09. The van der Waals surface area contributed by atoms with Gasteiger partial charge in [0.15, 0.2) is 0 Å². The van der Waals surface area contributed by atoms with E-state index < -0.39 is 9.73 Å². The summed E-state index contributed by atoms with van der Waals surface area (Å²) in [7, 11) is -2.77. The highest BCUT2D eigenvalue weighted by Crippen LogP contribution is 2.25. The maximum absolute atomic E-state index is 11.7. The zero-order chi connectivity index (χ0) is 10.1. The molecule has 0 saturated heterocycles. The molecule has 0 aliphatic heterocycles. The molecule has 1 unspecified atom stereocenters. The Kier molecular flexibility index (Phi) is 3.22. The van der Waals surface area contributed by atoms with Gasteiger partial charge in [-0.2, -0.15) is 0 Å². The number of benzene rings is 1. The second-order valence-electron chi connectivity index (χ2n) is 2.54. The Morgan fingerprint density at radius 2 is 2.08 bits per heavy atom. The quantitative estimate of drug-likeness (QED) is 0.842. The Morgan fingerprint density at radius 1 is 1.46 bits per heavy atom. The largest absolute Gasteiger partial charge is 0.249 e. The Balaban J connectivity index is 3.38. The fourth-order valence-electron chi connectivity index (χ4n) is 0.885. The molecule has 5 heteroatoms. The van der Waals surface area contributed by atoms with Crippen LogP contribution in [0.5, 0.6) is 0 Å². The minimum Gasteiger partial charge on any atom is -0.249 e. The summed E-state index contributed by atoms with van der Waals surface area (Å²) in [6, 6.07) is 4.66. The molecule has 1 rings (SSSR count). The van der Waals surface area contributed by atoms with Gasteiger partial charge in [-0.25, -0.2) is 8.99 Å². The highest BCUT2D eigenvalue weighted by atomic mass is 35.5. The third-order valence-electron chi connectivity index (χ3n) is 1.66. The van der Waals surface area contributed by atoms with Crippen molar-refractivity contribution in [2.75, 3.05) is 5.75 Å². The molecule has 13 heavy (non-hydrogen) atoms. The van der Waals surface area contributed by atoms with Gasteiger partial charge in [0.05, 0.1) is 19.6 Å². The van der Waals surface area contributed by atoms with Gasteiger partial charge in [-0.3, -0.25) is 0 Å². The molecule has 2 nitrogen and oxygen atoms in total. The fraction of sp³-hybridized carbons (Fsp3) is 0.250. The second kappa shape index (κ2) is 3.86. The van der Waals surface area contributed by atoms with E-state index >= 15 is 0 Å². The van der Waals surface area contributed by atoms with Gasteiger partial charge < -0.3 is 0 Å². The maximum Gasteiger partial charge on any atom is 0.0738 e. The maximum atomic E-state index is 11.7. The molecule has 0 fully saturated rings. The Labute approximate surface area is 87.8 Å². The van der Waals surface area contributed by atoms with E-state index in [1.165, 1.54) is 6.07 Å². The molecule has 0 saturated carbocycles. The van der Waals surface area contributed by atoms with Crippen LogP contribution in [0.15, 0.2) is 23.1 Å². The van der Waals surface area contributed by atoms with E-state index in [2.05, 4.69) is 0 Å². The van der Waals surface area contributed by atoms with Crippen LogP contribution in [0, 0.1) is 4.78 Å². The van der Waals surface area contributed by atoms with E-state index in [1.807, 2.05) is 0 Å². The smallest absolute Gasteiger partial charge is 0.0738 e. The standard InChI is InChI=1S/C8H9Cl2NOS/c1-2-13(11,12)8-5-6(9)3-4-7(8)10/h3-5,11H,2H2,1H3. The summed E-state index contributed by atoms with van der Waals surface area (Å²) in [4.78, 5) is 0.323. The minimum absolute atomic E-state index is 0.243. The summed E-state index contributed by atoms with van der Waals surface area (Å²) in [5, 5.41) is 0.791. The van der Waals surface area contributed by atoms with Crippen LogP contribution in [0.25, 0.3) is 0 Å². The Bertz CT molecular complexity index is 414. The monoisotopic (exact) mass is 237 g/mol. The lowest BCUT2D eigenvalue weighted by Gasteiger charge is -2.06. The normalized spacial score (nSPS) is 15.3. The van der Waals surface area contributed by atoms with Crippen molar-refractivity contribution in [3.63, 3.8) is 0 Å². The zero-order valence-electron chi connectivity index (χ0n) is 7.01. The molecule has 0 heterocycles. The van der Waals surface area contributed by atoms with Crippen molar-refractivity contribution in [3.05, 3.63) is 28.2 Å². The van der Waals surface area contributed by atoms with Gasteiger partial charge >= 0.3 is 0 Å². The SMILES string of the molecule is CCS(=N)(=O)c1cc(Cl)ccc1Cl. The molecule has 0 spiro atoms. The van der Waals surface area contributed by atoms with Gasteiger partial charge in [0, 0.05) is 10.8 Å². The van der Waals surface area contributed by atoms with Crippen LogP contribution in [0.1, 0.15) is 6.92 Å². The third kappa shape index (κ3) is 2.36. The molecule has 72 valence electrons. The second-order valence-corrected chi connectivity index (χ2v) is 5.75. The molecule has 0 aromatic heterocycles. The van der Waals surface area contributed by atoms with E-state index in [1.54, 1.807) is 19.1 Å². The van der Waals surface area contributed by atoms with Crippen LogP contribution in [-0.2, 0) is 9.73 Å². The molecule has 1 N–H and O–H groups in total. The van der Waals surface area contributed by atoms with Crippen molar-refractivity contribution in [1.29, 1.82) is 4.78 Å².